The van der Waals surface area contributed by atoms with Crippen LogP contribution in [-0.2, 0) is 33.4 Å². The summed E-state index contributed by atoms with van der Waals surface area (Å²) in [6.45, 7) is 4.52. The number of amides is 3. The molecule has 194 valence electrons. The molecular weight excluding hydrogens is 470 g/mol. The van der Waals surface area contributed by atoms with Crippen molar-refractivity contribution in [2.24, 2.45) is 0 Å². The molecule has 0 aromatic heterocycles. The molecule has 0 aliphatic rings. The number of hydrogen-bond donors (Lipinski definition) is 4. The highest BCUT2D eigenvalue weighted by molar-refractivity contribution is 7.99. The van der Waals surface area contributed by atoms with E-state index >= 15 is 0 Å². The Morgan fingerprint density at radius 2 is 1.68 bits per heavy atom. The van der Waals surface area contributed by atoms with E-state index in [0.29, 0.717) is 5.75 Å². The lowest BCUT2D eigenvalue weighted by atomic mass is 10.1. The zero-order chi connectivity index (χ0) is 26.1. The minimum atomic E-state index is -1.13. The zero-order valence-corrected chi connectivity index (χ0v) is 21.0. The van der Waals surface area contributed by atoms with E-state index in [1.54, 1.807) is 32.9 Å². The van der Waals surface area contributed by atoms with Crippen molar-refractivity contribution in [3.8, 4) is 0 Å². The Morgan fingerprint density at radius 3 is 2.24 bits per heavy atom. The van der Waals surface area contributed by atoms with E-state index in [1.807, 2.05) is 0 Å². The maximum absolute atomic E-state index is 12.5. The van der Waals surface area contributed by atoms with Gasteiger partial charge in [0.15, 0.2) is 0 Å². The first-order valence-electron chi connectivity index (χ1n) is 10.5. The van der Waals surface area contributed by atoms with E-state index in [9.17, 15) is 24.0 Å². The summed E-state index contributed by atoms with van der Waals surface area (Å²) < 4.78 is 14.3. The summed E-state index contributed by atoms with van der Waals surface area (Å²) in [5, 5.41) is 16.1. The molecule has 3 amide bonds. The van der Waals surface area contributed by atoms with E-state index in [2.05, 4.69) is 25.4 Å². The molecule has 0 aromatic rings. The smallest absolute Gasteiger partial charge is 0.408 e. The Labute approximate surface area is 203 Å². The minimum absolute atomic E-state index is 0.0966. The largest absolute Gasteiger partial charge is 0.468 e. The SMILES string of the molecule is COC(=O)CNC(=O)[C@H](CSC/C=C/CO)NC(=O)CC[C@H](NC(=O)OC(C)(C)C)C(=O)OC. The van der Waals surface area contributed by atoms with Gasteiger partial charge in [0, 0.05) is 17.9 Å². The molecule has 0 saturated heterocycles. The van der Waals surface area contributed by atoms with Crippen molar-refractivity contribution in [2.45, 2.75) is 51.3 Å². The van der Waals surface area contributed by atoms with Gasteiger partial charge in [0.25, 0.3) is 0 Å². The van der Waals surface area contributed by atoms with Gasteiger partial charge in [-0.25, -0.2) is 9.59 Å². The second-order valence-corrected chi connectivity index (χ2v) is 8.94. The van der Waals surface area contributed by atoms with Crippen LogP contribution in [0.2, 0.25) is 0 Å². The third kappa shape index (κ3) is 15.1. The lowest BCUT2D eigenvalue weighted by molar-refractivity contribution is -0.143. The van der Waals surface area contributed by atoms with Gasteiger partial charge >= 0.3 is 18.0 Å². The lowest BCUT2D eigenvalue weighted by Gasteiger charge is -2.23. The number of methoxy groups -OCH3 is 2. The molecule has 0 saturated carbocycles. The maximum atomic E-state index is 12.5. The highest BCUT2D eigenvalue weighted by Crippen LogP contribution is 2.09. The topological polar surface area (TPSA) is 169 Å². The number of esters is 2. The number of carbonyl (C=O) groups is 5. The Morgan fingerprint density at radius 1 is 1.00 bits per heavy atom. The Kier molecular flexibility index (Phi) is 15.4. The predicted molar refractivity (Wildman–Crippen MR) is 125 cm³/mol. The van der Waals surface area contributed by atoms with Crippen LogP contribution in [0.1, 0.15) is 33.6 Å². The van der Waals surface area contributed by atoms with Crippen LogP contribution in [0.5, 0.6) is 0 Å². The fourth-order valence-corrected chi connectivity index (χ4v) is 3.20. The Bertz CT molecular complexity index is 723. The first-order chi connectivity index (χ1) is 15.9. The highest BCUT2D eigenvalue weighted by atomic mass is 32.2. The van der Waals surface area contributed by atoms with Gasteiger partial charge in [-0.05, 0) is 27.2 Å². The summed E-state index contributed by atoms with van der Waals surface area (Å²) >= 11 is 1.32. The fourth-order valence-electron chi connectivity index (χ4n) is 2.32. The third-order valence-corrected chi connectivity index (χ3v) is 4.89. The van der Waals surface area contributed by atoms with E-state index in [1.165, 1.54) is 18.9 Å². The summed E-state index contributed by atoms with van der Waals surface area (Å²) in [6.07, 6.45) is 2.11. The zero-order valence-electron chi connectivity index (χ0n) is 20.2. The van der Waals surface area contributed by atoms with Gasteiger partial charge in [0.1, 0.15) is 24.2 Å². The number of rotatable bonds is 14. The quantitative estimate of drug-likeness (QED) is 0.108. The van der Waals surface area contributed by atoms with Gasteiger partial charge in [-0.3, -0.25) is 14.4 Å². The van der Waals surface area contributed by atoms with Gasteiger partial charge < -0.3 is 35.3 Å². The van der Waals surface area contributed by atoms with E-state index < -0.39 is 47.5 Å². The minimum Gasteiger partial charge on any atom is -0.468 e. The molecule has 2 atom stereocenters. The highest BCUT2D eigenvalue weighted by Gasteiger charge is 2.27. The summed E-state index contributed by atoms with van der Waals surface area (Å²) in [5.74, 6) is -1.87. The average molecular weight is 506 g/mol. The molecule has 0 aliphatic carbocycles. The van der Waals surface area contributed by atoms with Gasteiger partial charge in [0.2, 0.25) is 11.8 Å². The number of carbonyl (C=O) groups excluding carboxylic acids is 5. The normalized spacial score (nSPS) is 12.9. The summed E-state index contributed by atoms with van der Waals surface area (Å²) in [5.41, 5.74) is -0.781. The molecule has 0 rings (SSSR count). The van der Waals surface area contributed by atoms with Gasteiger partial charge in [-0.2, -0.15) is 11.8 Å². The van der Waals surface area contributed by atoms with Crippen molar-refractivity contribution < 1.29 is 43.3 Å². The van der Waals surface area contributed by atoms with Crippen molar-refractivity contribution in [1.82, 2.24) is 16.0 Å². The number of nitrogens with one attached hydrogen (secondary N) is 3. The van der Waals surface area contributed by atoms with Crippen LogP contribution in [0.3, 0.4) is 0 Å². The average Bonchev–Trinajstić information content (AvgIpc) is 2.77. The van der Waals surface area contributed by atoms with Crippen molar-refractivity contribution in [1.29, 1.82) is 0 Å². The molecule has 0 radical (unpaired) electrons. The van der Waals surface area contributed by atoms with Crippen LogP contribution in [0, 0.1) is 0 Å². The van der Waals surface area contributed by atoms with E-state index in [0.717, 1.165) is 7.11 Å². The molecule has 0 spiro atoms. The maximum Gasteiger partial charge on any atom is 0.408 e. The molecule has 12 nitrogen and oxygen atoms in total. The van der Waals surface area contributed by atoms with Crippen molar-refractivity contribution in [3.63, 3.8) is 0 Å². The third-order valence-electron chi connectivity index (χ3n) is 3.89. The van der Waals surface area contributed by atoms with Crippen LogP contribution in [0.15, 0.2) is 12.2 Å². The lowest BCUT2D eigenvalue weighted by Crippen LogP contribution is -2.50. The second-order valence-electron chi connectivity index (χ2n) is 7.87. The standard InChI is InChI=1S/C21H35N3O9S/c1-21(2,3)33-20(30)24-14(19(29)32-5)8-9-16(26)23-15(13-34-11-7-6-10-25)18(28)22-12-17(27)31-4/h6-7,14-15,25H,8-13H2,1-5H3,(H,22,28)(H,23,26)(H,24,30)/b7-6+/t14-,15-/m0/s1. The molecule has 4 N–H and O–H groups in total. The Balaban J connectivity index is 5.02. The van der Waals surface area contributed by atoms with Gasteiger partial charge in [-0.1, -0.05) is 12.2 Å². The second kappa shape index (κ2) is 16.8. The van der Waals surface area contributed by atoms with Crippen molar-refractivity contribution >= 4 is 41.6 Å². The summed E-state index contributed by atoms with van der Waals surface area (Å²) in [6, 6.07) is -2.10. The fraction of sp³-hybridized carbons (Fsp3) is 0.667. The molecule has 0 heterocycles. The van der Waals surface area contributed by atoms with E-state index in [-0.39, 0.29) is 31.7 Å². The summed E-state index contributed by atoms with van der Waals surface area (Å²) in [7, 11) is 2.33. The van der Waals surface area contributed by atoms with Gasteiger partial charge in [0.05, 0.1) is 20.8 Å². The molecule has 0 aliphatic heterocycles. The Hall–Kier alpha value is -2.80. The predicted octanol–water partition coefficient (Wildman–Crippen LogP) is -0.111. The van der Waals surface area contributed by atoms with Crippen LogP contribution in [0.4, 0.5) is 4.79 Å². The van der Waals surface area contributed by atoms with Crippen LogP contribution < -0.4 is 16.0 Å². The van der Waals surface area contributed by atoms with Crippen LogP contribution in [-0.4, -0.2) is 91.5 Å². The number of ether oxygens (including phenoxy) is 3. The number of hydrogen-bond acceptors (Lipinski definition) is 10. The number of aliphatic hydroxyl groups is 1. The van der Waals surface area contributed by atoms with E-state index in [4.69, 9.17) is 9.84 Å². The molecule has 13 heteroatoms. The van der Waals surface area contributed by atoms with Crippen molar-refractivity contribution in [2.75, 3.05) is 38.9 Å². The van der Waals surface area contributed by atoms with Crippen molar-refractivity contribution in [3.05, 3.63) is 12.2 Å². The number of alkyl carbamates (subject to hydrolysis) is 1. The first kappa shape index (κ1) is 31.2. The first-order valence-corrected chi connectivity index (χ1v) is 11.6. The molecule has 0 unspecified atom stereocenters. The molecule has 0 fully saturated rings. The van der Waals surface area contributed by atoms with Crippen LogP contribution >= 0.6 is 11.8 Å². The molecule has 0 bridgehead atoms. The number of aliphatic hydroxyl groups excluding tert-OH is 1. The van der Waals surface area contributed by atoms with Gasteiger partial charge in [-0.15, -0.1) is 0 Å². The molecular formula is C21H35N3O9S. The monoisotopic (exact) mass is 505 g/mol. The van der Waals surface area contributed by atoms with Crippen LogP contribution in [0.25, 0.3) is 0 Å². The summed E-state index contributed by atoms with van der Waals surface area (Å²) in [4.78, 5) is 60.2. The number of thioether (sulfide) groups is 1. The molecule has 0 aromatic carbocycles. The molecule has 34 heavy (non-hydrogen) atoms.